The summed E-state index contributed by atoms with van der Waals surface area (Å²) in [6.45, 7) is 8.36. The summed E-state index contributed by atoms with van der Waals surface area (Å²) in [5.41, 5.74) is 0. The van der Waals surface area contributed by atoms with Gasteiger partial charge in [0.05, 0.1) is 0 Å². The molecule has 0 bridgehead atoms. The number of nitrogens with one attached hydrogen (secondary N) is 1. The Morgan fingerprint density at radius 2 is 2.12 bits per heavy atom. The van der Waals surface area contributed by atoms with Crippen LogP contribution in [0.3, 0.4) is 0 Å². The van der Waals surface area contributed by atoms with E-state index in [0.717, 1.165) is 6.04 Å². The summed E-state index contributed by atoms with van der Waals surface area (Å²) >= 11 is 1.97. The normalized spacial score (nSPS) is 22.1. The average molecular weight is 244 g/mol. The summed E-state index contributed by atoms with van der Waals surface area (Å²) in [4.78, 5) is 2.62. The summed E-state index contributed by atoms with van der Waals surface area (Å²) < 4.78 is 0. The molecule has 0 aromatic heterocycles. The maximum Gasteiger partial charge on any atom is 0.0209 e. The molecule has 0 aromatic carbocycles. The first-order chi connectivity index (χ1) is 7.72. The molecule has 1 atom stereocenters. The van der Waals surface area contributed by atoms with Gasteiger partial charge in [-0.3, -0.25) is 0 Å². The summed E-state index contributed by atoms with van der Waals surface area (Å²) in [5.74, 6) is 1.33. The van der Waals surface area contributed by atoms with E-state index >= 15 is 0 Å². The second kappa shape index (κ2) is 8.37. The van der Waals surface area contributed by atoms with Crippen molar-refractivity contribution in [3.05, 3.63) is 0 Å². The molecule has 1 saturated heterocycles. The monoisotopic (exact) mass is 244 g/mol. The van der Waals surface area contributed by atoms with Crippen molar-refractivity contribution >= 4 is 11.8 Å². The molecule has 96 valence electrons. The highest BCUT2D eigenvalue weighted by Gasteiger charge is 2.21. The number of hydrogen-bond acceptors (Lipinski definition) is 3. The molecule has 16 heavy (non-hydrogen) atoms. The first-order valence-electron chi connectivity index (χ1n) is 6.69. The van der Waals surface area contributed by atoms with E-state index in [2.05, 4.69) is 30.3 Å². The molecule has 0 aliphatic carbocycles. The predicted octanol–water partition coefficient (Wildman–Crippen LogP) is 2.59. The molecule has 1 aliphatic rings. The van der Waals surface area contributed by atoms with E-state index in [1.165, 1.54) is 51.1 Å². The van der Waals surface area contributed by atoms with Crippen LogP contribution in [0.5, 0.6) is 0 Å². The van der Waals surface area contributed by atoms with Crippen molar-refractivity contribution < 1.29 is 0 Å². The van der Waals surface area contributed by atoms with E-state index in [4.69, 9.17) is 0 Å². The SMILES string of the molecule is CSCCCCCN1CCC(NC(C)C)C1. The number of rotatable bonds is 8. The van der Waals surface area contributed by atoms with Gasteiger partial charge in [-0.25, -0.2) is 0 Å². The third-order valence-corrected chi connectivity index (χ3v) is 3.86. The van der Waals surface area contributed by atoms with Gasteiger partial charge in [0.25, 0.3) is 0 Å². The lowest BCUT2D eigenvalue weighted by Gasteiger charge is -2.18. The molecular weight excluding hydrogens is 216 g/mol. The second-order valence-electron chi connectivity index (χ2n) is 5.16. The van der Waals surface area contributed by atoms with Crippen LogP contribution < -0.4 is 5.32 Å². The number of nitrogens with zero attached hydrogens (tertiary/aromatic N) is 1. The summed E-state index contributed by atoms with van der Waals surface area (Å²) in [6, 6.07) is 1.37. The Morgan fingerprint density at radius 1 is 1.31 bits per heavy atom. The Kier molecular flexibility index (Phi) is 7.50. The standard InChI is InChI=1S/C13H28N2S/c1-12(2)14-13-7-9-15(11-13)8-5-4-6-10-16-3/h12-14H,4-11H2,1-3H3. The van der Waals surface area contributed by atoms with Gasteiger partial charge in [0.15, 0.2) is 0 Å². The maximum atomic E-state index is 3.64. The maximum absolute atomic E-state index is 3.64. The first kappa shape index (κ1) is 14.3. The topological polar surface area (TPSA) is 15.3 Å². The fourth-order valence-electron chi connectivity index (χ4n) is 2.40. The van der Waals surface area contributed by atoms with Crippen LogP contribution in [0.4, 0.5) is 0 Å². The smallest absolute Gasteiger partial charge is 0.0209 e. The molecule has 0 spiro atoms. The van der Waals surface area contributed by atoms with Crippen LogP contribution in [-0.2, 0) is 0 Å². The molecule has 3 heteroatoms. The van der Waals surface area contributed by atoms with E-state index in [0.29, 0.717) is 6.04 Å². The lowest BCUT2D eigenvalue weighted by molar-refractivity contribution is 0.316. The molecule has 1 aliphatic heterocycles. The number of likely N-dealkylation sites (tertiary alicyclic amines) is 1. The van der Waals surface area contributed by atoms with Gasteiger partial charge in [-0.1, -0.05) is 20.3 Å². The van der Waals surface area contributed by atoms with Gasteiger partial charge in [0.2, 0.25) is 0 Å². The minimum Gasteiger partial charge on any atom is -0.310 e. The van der Waals surface area contributed by atoms with Gasteiger partial charge in [-0.05, 0) is 44.4 Å². The van der Waals surface area contributed by atoms with Gasteiger partial charge >= 0.3 is 0 Å². The quantitative estimate of drug-likeness (QED) is 0.661. The van der Waals surface area contributed by atoms with Gasteiger partial charge < -0.3 is 10.2 Å². The fourth-order valence-corrected chi connectivity index (χ4v) is 2.89. The largest absolute Gasteiger partial charge is 0.310 e. The molecule has 0 radical (unpaired) electrons. The summed E-state index contributed by atoms with van der Waals surface area (Å²) in [5, 5.41) is 3.64. The highest BCUT2D eigenvalue weighted by Crippen LogP contribution is 2.11. The molecule has 1 unspecified atom stereocenters. The zero-order chi connectivity index (χ0) is 11.8. The van der Waals surface area contributed by atoms with Crippen molar-refractivity contribution in [2.24, 2.45) is 0 Å². The molecule has 0 saturated carbocycles. The van der Waals surface area contributed by atoms with E-state index in [-0.39, 0.29) is 0 Å². The Labute approximate surface area is 106 Å². The van der Waals surface area contributed by atoms with Crippen LogP contribution in [0, 0.1) is 0 Å². The van der Waals surface area contributed by atoms with Crippen LogP contribution in [-0.4, -0.2) is 48.6 Å². The Hall–Kier alpha value is 0.270. The predicted molar refractivity (Wildman–Crippen MR) is 75.3 cm³/mol. The molecule has 0 aromatic rings. The van der Waals surface area contributed by atoms with Crippen molar-refractivity contribution in [2.45, 2.75) is 51.6 Å². The summed E-state index contributed by atoms with van der Waals surface area (Å²) in [7, 11) is 0. The van der Waals surface area contributed by atoms with E-state index in [1.54, 1.807) is 0 Å². The Bertz CT molecular complexity index is 173. The van der Waals surface area contributed by atoms with Gasteiger partial charge in [0.1, 0.15) is 0 Å². The Balaban J connectivity index is 1.99. The Morgan fingerprint density at radius 3 is 2.81 bits per heavy atom. The van der Waals surface area contributed by atoms with Crippen molar-refractivity contribution in [1.82, 2.24) is 10.2 Å². The first-order valence-corrected chi connectivity index (χ1v) is 8.09. The van der Waals surface area contributed by atoms with Crippen LogP contribution in [0.15, 0.2) is 0 Å². The van der Waals surface area contributed by atoms with Crippen LogP contribution in [0.2, 0.25) is 0 Å². The number of hydrogen-bond donors (Lipinski definition) is 1. The minimum atomic E-state index is 0.631. The highest BCUT2D eigenvalue weighted by atomic mass is 32.2. The third kappa shape index (κ3) is 6.12. The van der Waals surface area contributed by atoms with Crippen molar-refractivity contribution in [3.63, 3.8) is 0 Å². The molecule has 0 amide bonds. The minimum absolute atomic E-state index is 0.631. The molecule has 1 N–H and O–H groups in total. The lowest BCUT2D eigenvalue weighted by Crippen LogP contribution is -2.37. The zero-order valence-corrected chi connectivity index (χ0v) is 12.0. The summed E-state index contributed by atoms with van der Waals surface area (Å²) in [6.07, 6.45) is 7.71. The van der Waals surface area contributed by atoms with Crippen molar-refractivity contribution in [3.8, 4) is 0 Å². The fraction of sp³-hybridized carbons (Fsp3) is 1.00. The molecule has 1 heterocycles. The molecular formula is C13H28N2S. The second-order valence-corrected chi connectivity index (χ2v) is 6.15. The van der Waals surface area contributed by atoms with Gasteiger partial charge in [0, 0.05) is 18.6 Å². The van der Waals surface area contributed by atoms with Crippen LogP contribution in [0.25, 0.3) is 0 Å². The zero-order valence-electron chi connectivity index (χ0n) is 11.2. The van der Waals surface area contributed by atoms with Gasteiger partial charge in [-0.2, -0.15) is 11.8 Å². The lowest BCUT2D eigenvalue weighted by atomic mass is 10.2. The van der Waals surface area contributed by atoms with Gasteiger partial charge in [-0.15, -0.1) is 0 Å². The third-order valence-electron chi connectivity index (χ3n) is 3.16. The number of unbranched alkanes of at least 4 members (excludes halogenated alkanes) is 2. The number of thioether (sulfide) groups is 1. The van der Waals surface area contributed by atoms with E-state index < -0.39 is 0 Å². The highest BCUT2D eigenvalue weighted by molar-refractivity contribution is 7.98. The van der Waals surface area contributed by atoms with Crippen molar-refractivity contribution in [2.75, 3.05) is 31.6 Å². The molecule has 1 rings (SSSR count). The van der Waals surface area contributed by atoms with Crippen LogP contribution in [0.1, 0.15) is 39.5 Å². The molecule has 1 fully saturated rings. The molecule has 2 nitrogen and oxygen atoms in total. The van der Waals surface area contributed by atoms with Crippen LogP contribution >= 0.6 is 11.8 Å². The average Bonchev–Trinajstić information content (AvgIpc) is 2.64. The van der Waals surface area contributed by atoms with E-state index in [9.17, 15) is 0 Å². The van der Waals surface area contributed by atoms with Crippen molar-refractivity contribution in [1.29, 1.82) is 0 Å². The van der Waals surface area contributed by atoms with E-state index in [1.807, 2.05) is 11.8 Å².